The van der Waals surface area contributed by atoms with Gasteiger partial charge in [0, 0.05) is 31.3 Å². The number of benzene rings is 2. The lowest BCUT2D eigenvalue weighted by molar-refractivity contribution is -0.0504. The Hall–Kier alpha value is -3.88. The highest BCUT2D eigenvalue weighted by atomic mass is 19.3. The van der Waals surface area contributed by atoms with Crippen LogP contribution in [0.25, 0.3) is 0 Å². The molecule has 7 nitrogen and oxygen atoms in total. The molecule has 3 rings (SSSR count). The Morgan fingerprint density at radius 3 is 2.56 bits per heavy atom. The van der Waals surface area contributed by atoms with Crippen LogP contribution in [0.15, 0.2) is 76.3 Å². The summed E-state index contributed by atoms with van der Waals surface area (Å²) < 4.78 is 34.9. The third kappa shape index (κ3) is 6.83. The second-order valence-corrected chi connectivity index (χ2v) is 6.73. The van der Waals surface area contributed by atoms with Gasteiger partial charge >= 0.3 is 6.61 Å². The summed E-state index contributed by atoms with van der Waals surface area (Å²) in [4.78, 5) is 16.5. The van der Waals surface area contributed by atoms with E-state index < -0.39 is 6.61 Å². The third-order valence-corrected chi connectivity index (χ3v) is 4.51. The number of halogens is 2. The zero-order valence-corrected chi connectivity index (χ0v) is 17.5. The van der Waals surface area contributed by atoms with Crippen molar-refractivity contribution >= 4 is 11.9 Å². The van der Waals surface area contributed by atoms with Crippen LogP contribution in [0.5, 0.6) is 5.75 Å². The van der Waals surface area contributed by atoms with Crippen molar-refractivity contribution in [2.75, 3.05) is 7.05 Å². The maximum Gasteiger partial charge on any atom is 0.387 e. The topological polar surface area (TPSA) is 87.9 Å². The van der Waals surface area contributed by atoms with E-state index in [1.54, 1.807) is 61.8 Å². The molecule has 0 saturated heterocycles. The Kier molecular flexibility index (Phi) is 8.19. The van der Waals surface area contributed by atoms with Gasteiger partial charge in [0.05, 0.1) is 12.8 Å². The van der Waals surface area contributed by atoms with Crippen molar-refractivity contribution in [2.24, 2.45) is 4.99 Å². The molecule has 1 heterocycles. The van der Waals surface area contributed by atoms with Crippen molar-refractivity contribution in [2.45, 2.75) is 26.2 Å². The average molecular weight is 442 g/mol. The first-order valence-electron chi connectivity index (χ1n) is 9.92. The minimum Gasteiger partial charge on any atom is -0.467 e. The van der Waals surface area contributed by atoms with Crippen LogP contribution in [-0.4, -0.2) is 25.5 Å². The number of guanidine groups is 1. The molecule has 2 aromatic carbocycles. The molecule has 3 aromatic rings. The highest BCUT2D eigenvalue weighted by Gasteiger charge is 2.10. The number of rotatable bonds is 9. The van der Waals surface area contributed by atoms with E-state index in [4.69, 9.17) is 4.42 Å². The monoisotopic (exact) mass is 442 g/mol. The van der Waals surface area contributed by atoms with Crippen molar-refractivity contribution in [3.63, 3.8) is 0 Å². The Morgan fingerprint density at radius 1 is 1.00 bits per heavy atom. The van der Waals surface area contributed by atoms with E-state index in [-0.39, 0.29) is 18.2 Å². The van der Waals surface area contributed by atoms with Gasteiger partial charge in [-0.1, -0.05) is 30.3 Å². The van der Waals surface area contributed by atoms with Gasteiger partial charge in [-0.3, -0.25) is 9.79 Å². The Labute approximate surface area is 184 Å². The van der Waals surface area contributed by atoms with Crippen molar-refractivity contribution in [1.29, 1.82) is 0 Å². The lowest BCUT2D eigenvalue weighted by Gasteiger charge is -2.15. The molecule has 1 amide bonds. The van der Waals surface area contributed by atoms with Gasteiger partial charge in [-0.15, -0.1) is 0 Å². The summed E-state index contributed by atoms with van der Waals surface area (Å²) in [6.07, 6.45) is 1.55. The normalized spacial score (nSPS) is 11.3. The maximum absolute atomic E-state index is 12.6. The van der Waals surface area contributed by atoms with E-state index in [9.17, 15) is 13.6 Å². The summed E-state index contributed by atoms with van der Waals surface area (Å²) in [5, 5.41) is 9.01. The minimum absolute atomic E-state index is 0.110. The van der Waals surface area contributed by atoms with Crippen molar-refractivity contribution in [3.05, 3.63) is 89.4 Å². The molecule has 0 radical (unpaired) electrons. The van der Waals surface area contributed by atoms with E-state index in [0.29, 0.717) is 35.9 Å². The molecule has 32 heavy (non-hydrogen) atoms. The Morgan fingerprint density at radius 2 is 1.81 bits per heavy atom. The number of para-hydroxylation sites is 1. The molecule has 0 aliphatic heterocycles. The Balaban J connectivity index is 1.53. The van der Waals surface area contributed by atoms with Gasteiger partial charge in [0.25, 0.3) is 5.91 Å². The van der Waals surface area contributed by atoms with Crippen LogP contribution < -0.4 is 20.7 Å². The van der Waals surface area contributed by atoms with Gasteiger partial charge in [0.15, 0.2) is 5.96 Å². The molecular formula is C23H24F2N4O3. The molecule has 0 bridgehead atoms. The van der Waals surface area contributed by atoms with Crippen molar-refractivity contribution in [3.8, 4) is 5.75 Å². The lowest BCUT2D eigenvalue weighted by Crippen LogP contribution is -2.36. The molecule has 168 valence electrons. The number of hydrogen-bond donors (Lipinski definition) is 3. The van der Waals surface area contributed by atoms with Gasteiger partial charge in [-0.2, -0.15) is 8.78 Å². The summed E-state index contributed by atoms with van der Waals surface area (Å²) in [5.41, 5.74) is 1.97. The van der Waals surface area contributed by atoms with E-state index in [0.717, 1.165) is 5.56 Å². The molecule has 9 heteroatoms. The number of carbonyl (C=O) groups excluding carboxylic acids is 1. The van der Waals surface area contributed by atoms with E-state index in [1.807, 2.05) is 6.07 Å². The molecule has 0 atom stereocenters. The summed E-state index contributed by atoms with van der Waals surface area (Å²) in [7, 11) is 1.61. The van der Waals surface area contributed by atoms with Gasteiger partial charge in [0.1, 0.15) is 11.5 Å². The van der Waals surface area contributed by atoms with Crippen LogP contribution in [0.3, 0.4) is 0 Å². The number of aliphatic imine (C=N–C) groups is 1. The predicted molar refractivity (Wildman–Crippen MR) is 116 cm³/mol. The van der Waals surface area contributed by atoms with E-state index >= 15 is 0 Å². The van der Waals surface area contributed by atoms with E-state index in [1.165, 1.54) is 6.07 Å². The maximum atomic E-state index is 12.6. The Bertz CT molecular complexity index is 1040. The number of furan rings is 1. The fourth-order valence-corrected chi connectivity index (χ4v) is 2.95. The van der Waals surface area contributed by atoms with Crippen molar-refractivity contribution < 1.29 is 22.7 Å². The molecule has 0 aliphatic rings. The second kappa shape index (κ2) is 11.5. The molecule has 1 aromatic heterocycles. The van der Waals surface area contributed by atoms with Gasteiger partial charge in [-0.25, -0.2) is 0 Å². The summed E-state index contributed by atoms with van der Waals surface area (Å²) in [6.45, 7) is -1.93. The van der Waals surface area contributed by atoms with Crippen LogP contribution in [0.2, 0.25) is 0 Å². The largest absolute Gasteiger partial charge is 0.467 e. The van der Waals surface area contributed by atoms with Gasteiger partial charge < -0.3 is 25.1 Å². The molecule has 3 N–H and O–H groups in total. The fourth-order valence-electron chi connectivity index (χ4n) is 2.95. The molecular weight excluding hydrogens is 418 g/mol. The quantitative estimate of drug-likeness (QED) is 0.348. The van der Waals surface area contributed by atoms with E-state index in [2.05, 4.69) is 25.7 Å². The zero-order valence-electron chi connectivity index (χ0n) is 17.5. The second-order valence-electron chi connectivity index (χ2n) is 6.73. The summed E-state index contributed by atoms with van der Waals surface area (Å²) in [6, 6.07) is 17.3. The minimum atomic E-state index is -2.89. The number of carbonyl (C=O) groups is 1. The van der Waals surface area contributed by atoms with Crippen LogP contribution >= 0.6 is 0 Å². The zero-order chi connectivity index (χ0) is 22.8. The number of nitrogens with one attached hydrogen (secondary N) is 3. The number of hydrogen-bond acceptors (Lipinski definition) is 4. The predicted octanol–water partition coefficient (Wildman–Crippen LogP) is 3.68. The number of nitrogens with zero attached hydrogens (tertiary/aromatic N) is 1. The molecule has 0 unspecified atom stereocenters. The van der Waals surface area contributed by atoms with Crippen LogP contribution in [0, 0.1) is 0 Å². The highest BCUT2D eigenvalue weighted by molar-refractivity contribution is 5.94. The highest BCUT2D eigenvalue weighted by Crippen LogP contribution is 2.19. The fraction of sp³-hybridized carbons (Fsp3) is 0.217. The van der Waals surface area contributed by atoms with Crippen LogP contribution in [-0.2, 0) is 19.6 Å². The van der Waals surface area contributed by atoms with Crippen molar-refractivity contribution in [1.82, 2.24) is 16.0 Å². The lowest BCUT2D eigenvalue weighted by atomic mass is 10.1. The molecule has 0 aliphatic carbocycles. The molecule has 0 spiro atoms. The first-order valence-corrected chi connectivity index (χ1v) is 9.92. The van der Waals surface area contributed by atoms with Gasteiger partial charge in [-0.05, 0) is 35.9 Å². The average Bonchev–Trinajstić information content (AvgIpc) is 3.32. The number of ether oxygens (including phenoxy) is 1. The smallest absolute Gasteiger partial charge is 0.387 e. The SMILES string of the molecule is CN=C(NCc1cccc(C(=O)NCc2ccco2)c1)NCc1ccccc1OC(F)F. The summed E-state index contributed by atoms with van der Waals surface area (Å²) in [5.74, 6) is 1.05. The standard InChI is InChI=1S/C23H24F2N4O3/c1-26-23(29-14-18-7-2-3-10-20(18)32-22(24)25)28-13-16-6-4-8-17(12-16)21(30)27-15-19-9-5-11-31-19/h2-12,22H,13-15H2,1H3,(H,27,30)(H2,26,28,29). The first-order chi connectivity index (χ1) is 15.5. The third-order valence-electron chi connectivity index (χ3n) is 4.51. The number of amides is 1. The van der Waals surface area contributed by atoms with Crippen LogP contribution in [0.4, 0.5) is 8.78 Å². The first kappa shape index (κ1) is 22.8. The molecule has 0 saturated carbocycles. The van der Waals surface area contributed by atoms with Gasteiger partial charge in [0.2, 0.25) is 0 Å². The molecule has 0 fully saturated rings. The summed E-state index contributed by atoms with van der Waals surface area (Å²) >= 11 is 0. The van der Waals surface area contributed by atoms with Crippen LogP contribution in [0.1, 0.15) is 27.2 Å². The number of alkyl halides is 2.